The average Bonchev–Trinajstić information content (AvgIpc) is 2.92. The average molecular weight is 329 g/mol. The normalized spacial score (nSPS) is 11.0. The highest BCUT2D eigenvalue weighted by atomic mass is 16.5. The quantitative estimate of drug-likeness (QED) is 0.649. The standard InChI is InChI=1S/C17H19N3O4/c1-10-8-14(20-24-10)19-16(23)17(3,4)15(22)18-13-7-5-6-12(9-13)11(2)21/h5-9H,1-4H3,(H,18,22)(H,19,20,23). The van der Waals surface area contributed by atoms with Crippen LogP contribution in [0.1, 0.15) is 36.9 Å². The van der Waals surface area contributed by atoms with E-state index in [0.717, 1.165) is 0 Å². The lowest BCUT2D eigenvalue weighted by Crippen LogP contribution is -2.41. The molecule has 7 heteroatoms. The van der Waals surface area contributed by atoms with Gasteiger partial charge in [0, 0.05) is 17.3 Å². The van der Waals surface area contributed by atoms with Gasteiger partial charge < -0.3 is 15.2 Å². The van der Waals surface area contributed by atoms with Crippen molar-refractivity contribution in [3.05, 3.63) is 41.7 Å². The number of aromatic nitrogens is 1. The summed E-state index contributed by atoms with van der Waals surface area (Å²) < 4.78 is 4.87. The summed E-state index contributed by atoms with van der Waals surface area (Å²) in [6, 6.07) is 8.09. The van der Waals surface area contributed by atoms with Crippen molar-refractivity contribution in [1.82, 2.24) is 5.16 Å². The molecule has 2 rings (SSSR count). The summed E-state index contributed by atoms with van der Waals surface area (Å²) in [5, 5.41) is 8.86. The van der Waals surface area contributed by atoms with Gasteiger partial charge in [0.25, 0.3) is 0 Å². The molecular formula is C17H19N3O4. The number of carbonyl (C=O) groups excluding carboxylic acids is 3. The molecule has 0 bridgehead atoms. The summed E-state index contributed by atoms with van der Waals surface area (Å²) in [6.07, 6.45) is 0. The third kappa shape index (κ3) is 3.87. The second kappa shape index (κ2) is 6.66. The summed E-state index contributed by atoms with van der Waals surface area (Å²) in [5.74, 6) is -0.327. The van der Waals surface area contributed by atoms with Crippen molar-refractivity contribution in [2.24, 2.45) is 5.41 Å². The number of hydrogen-bond donors (Lipinski definition) is 2. The van der Waals surface area contributed by atoms with E-state index >= 15 is 0 Å². The zero-order valence-corrected chi connectivity index (χ0v) is 14.0. The number of ketones is 1. The Labute approximate surface area is 139 Å². The van der Waals surface area contributed by atoms with Gasteiger partial charge in [-0.2, -0.15) is 0 Å². The van der Waals surface area contributed by atoms with Crippen LogP contribution in [0, 0.1) is 12.3 Å². The van der Waals surface area contributed by atoms with Crippen LogP contribution >= 0.6 is 0 Å². The van der Waals surface area contributed by atoms with Gasteiger partial charge in [-0.3, -0.25) is 14.4 Å². The van der Waals surface area contributed by atoms with E-state index in [-0.39, 0.29) is 11.6 Å². The van der Waals surface area contributed by atoms with Crippen LogP contribution in [0.4, 0.5) is 11.5 Å². The van der Waals surface area contributed by atoms with E-state index in [9.17, 15) is 14.4 Å². The van der Waals surface area contributed by atoms with Gasteiger partial charge in [0.05, 0.1) is 0 Å². The van der Waals surface area contributed by atoms with E-state index in [1.165, 1.54) is 20.8 Å². The first-order valence-electron chi connectivity index (χ1n) is 7.37. The predicted octanol–water partition coefficient (Wildman–Crippen LogP) is 2.79. The van der Waals surface area contributed by atoms with Gasteiger partial charge in [0.15, 0.2) is 11.6 Å². The zero-order valence-electron chi connectivity index (χ0n) is 14.0. The molecule has 0 unspecified atom stereocenters. The van der Waals surface area contributed by atoms with Crippen molar-refractivity contribution < 1.29 is 18.9 Å². The minimum absolute atomic E-state index is 0.107. The Morgan fingerprint density at radius 3 is 2.33 bits per heavy atom. The zero-order chi connectivity index (χ0) is 17.9. The van der Waals surface area contributed by atoms with Crippen LogP contribution < -0.4 is 10.6 Å². The third-order valence-corrected chi connectivity index (χ3v) is 3.53. The monoisotopic (exact) mass is 329 g/mol. The Kier molecular flexibility index (Phi) is 4.82. The summed E-state index contributed by atoms with van der Waals surface area (Å²) in [5.41, 5.74) is -0.419. The van der Waals surface area contributed by atoms with Crippen LogP contribution in [0.2, 0.25) is 0 Å². The van der Waals surface area contributed by atoms with Crippen LogP contribution in [-0.2, 0) is 9.59 Å². The molecule has 2 N–H and O–H groups in total. The number of aryl methyl sites for hydroxylation is 1. The molecule has 0 saturated carbocycles. The highest BCUT2D eigenvalue weighted by molar-refractivity contribution is 6.14. The van der Waals surface area contributed by atoms with Crippen LogP contribution in [-0.4, -0.2) is 22.8 Å². The summed E-state index contributed by atoms with van der Waals surface area (Å²) in [6.45, 7) is 6.14. The second-order valence-corrected chi connectivity index (χ2v) is 5.99. The molecule has 0 aliphatic heterocycles. The molecule has 2 aromatic rings. The number of anilines is 2. The summed E-state index contributed by atoms with van der Waals surface area (Å²) in [4.78, 5) is 36.2. The maximum absolute atomic E-state index is 12.5. The molecule has 24 heavy (non-hydrogen) atoms. The van der Waals surface area contributed by atoms with Crippen molar-refractivity contribution in [3.63, 3.8) is 0 Å². The Bertz CT molecular complexity index is 793. The van der Waals surface area contributed by atoms with Gasteiger partial charge in [0.1, 0.15) is 11.2 Å². The van der Waals surface area contributed by atoms with E-state index in [1.807, 2.05) is 0 Å². The number of nitrogens with one attached hydrogen (secondary N) is 2. The molecule has 0 spiro atoms. The summed E-state index contributed by atoms with van der Waals surface area (Å²) >= 11 is 0. The van der Waals surface area contributed by atoms with Crippen LogP contribution in [0.5, 0.6) is 0 Å². The molecule has 7 nitrogen and oxygen atoms in total. The molecule has 0 aliphatic carbocycles. The van der Waals surface area contributed by atoms with Crippen molar-refractivity contribution in [2.75, 3.05) is 10.6 Å². The van der Waals surface area contributed by atoms with E-state index in [2.05, 4.69) is 15.8 Å². The number of carbonyl (C=O) groups is 3. The van der Waals surface area contributed by atoms with E-state index in [4.69, 9.17) is 4.52 Å². The number of nitrogens with zero attached hydrogens (tertiary/aromatic N) is 1. The highest BCUT2D eigenvalue weighted by Crippen LogP contribution is 2.22. The maximum Gasteiger partial charge on any atom is 0.240 e. The van der Waals surface area contributed by atoms with Gasteiger partial charge in [-0.1, -0.05) is 17.3 Å². The molecular weight excluding hydrogens is 310 g/mol. The topological polar surface area (TPSA) is 101 Å². The van der Waals surface area contributed by atoms with Gasteiger partial charge in [0.2, 0.25) is 11.8 Å². The number of hydrogen-bond acceptors (Lipinski definition) is 5. The van der Waals surface area contributed by atoms with E-state index in [0.29, 0.717) is 17.0 Å². The lowest BCUT2D eigenvalue weighted by Gasteiger charge is -2.22. The molecule has 1 aromatic heterocycles. The SMILES string of the molecule is CC(=O)c1cccc(NC(=O)C(C)(C)C(=O)Nc2cc(C)on2)c1. The fourth-order valence-corrected chi connectivity index (χ4v) is 1.90. The second-order valence-electron chi connectivity index (χ2n) is 5.99. The Morgan fingerprint density at radius 1 is 1.08 bits per heavy atom. The molecule has 2 amide bonds. The molecule has 0 fully saturated rings. The Hall–Kier alpha value is -2.96. The van der Waals surface area contributed by atoms with Gasteiger partial charge in [-0.15, -0.1) is 0 Å². The number of Topliss-reactive ketones (excluding diaryl/α,β-unsaturated/α-hetero) is 1. The molecule has 0 atom stereocenters. The molecule has 0 aliphatic rings. The number of rotatable bonds is 5. The maximum atomic E-state index is 12.5. The van der Waals surface area contributed by atoms with Crippen molar-refractivity contribution in [1.29, 1.82) is 0 Å². The van der Waals surface area contributed by atoms with Crippen molar-refractivity contribution >= 4 is 29.1 Å². The molecule has 126 valence electrons. The molecule has 1 heterocycles. The highest BCUT2D eigenvalue weighted by Gasteiger charge is 2.36. The predicted molar refractivity (Wildman–Crippen MR) is 88.7 cm³/mol. The van der Waals surface area contributed by atoms with Crippen LogP contribution in [0.25, 0.3) is 0 Å². The smallest absolute Gasteiger partial charge is 0.240 e. The number of amides is 2. The lowest BCUT2D eigenvalue weighted by molar-refractivity contribution is -0.135. The first kappa shape index (κ1) is 17.4. The minimum atomic E-state index is -1.35. The fourth-order valence-electron chi connectivity index (χ4n) is 1.90. The molecule has 1 aromatic carbocycles. The van der Waals surface area contributed by atoms with Gasteiger partial charge in [-0.25, -0.2) is 0 Å². The number of benzene rings is 1. The van der Waals surface area contributed by atoms with E-state index in [1.54, 1.807) is 37.3 Å². The first-order chi connectivity index (χ1) is 11.2. The third-order valence-electron chi connectivity index (χ3n) is 3.53. The van der Waals surface area contributed by atoms with Crippen molar-refractivity contribution in [3.8, 4) is 0 Å². The van der Waals surface area contributed by atoms with E-state index < -0.39 is 17.2 Å². The molecule has 0 radical (unpaired) electrons. The van der Waals surface area contributed by atoms with Gasteiger partial charge in [-0.05, 0) is 39.8 Å². The van der Waals surface area contributed by atoms with Gasteiger partial charge >= 0.3 is 0 Å². The first-order valence-corrected chi connectivity index (χ1v) is 7.37. The van der Waals surface area contributed by atoms with Crippen LogP contribution in [0.15, 0.2) is 34.9 Å². The Morgan fingerprint density at radius 2 is 1.75 bits per heavy atom. The summed E-state index contributed by atoms with van der Waals surface area (Å²) in [7, 11) is 0. The van der Waals surface area contributed by atoms with Crippen molar-refractivity contribution in [2.45, 2.75) is 27.7 Å². The largest absolute Gasteiger partial charge is 0.360 e. The van der Waals surface area contributed by atoms with Crippen LogP contribution in [0.3, 0.4) is 0 Å². The minimum Gasteiger partial charge on any atom is -0.360 e. The fraction of sp³-hybridized carbons (Fsp3) is 0.294. The lowest BCUT2D eigenvalue weighted by atomic mass is 9.91. The molecule has 0 saturated heterocycles. The Balaban J connectivity index is 2.10.